The number of hydrazone groups is 1. The maximum Gasteiger partial charge on any atom is 0.290 e. The summed E-state index contributed by atoms with van der Waals surface area (Å²) in [4.78, 5) is 29.9. The van der Waals surface area contributed by atoms with E-state index in [0.29, 0.717) is 34.5 Å². The van der Waals surface area contributed by atoms with Crippen molar-refractivity contribution in [3.8, 4) is 0 Å². The largest absolute Gasteiger partial charge is 0.295 e. The third-order valence-corrected chi connectivity index (χ3v) is 4.31. The Morgan fingerprint density at radius 1 is 1.50 bits per heavy atom. The maximum absolute atomic E-state index is 12.4. The molecule has 0 aliphatic carbocycles. The Morgan fingerprint density at radius 3 is 3.09 bits per heavy atom. The van der Waals surface area contributed by atoms with E-state index in [0.717, 1.165) is 0 Å². The number of hydrogen-bond acceptors (Lipinski definition) is 5. The average Bonchev–Trinajstić information content (AvgIpc) is 3.03. The van der Waals surface area contributed by atoms with Crippen LogP contribution in [0.25, 0.3) is 5.65 Å². The Bertz CT molecular complexity index is 783. The molecule has 1 saturated heterocycles. The van der Waals surface area contributed by atoms with Crippen LogP contribution in [0.15, 0.2) is 29.5 Å². The standard InChI is InChI=1S/C14H15N5O2S/c1-3-18-11(20)8-22-14(18)17-16-13(21)12-9(2)15-10-6-4-5-7-19(10)12/h4-7H,3,8H2,1-2H3,(H,16,21)/b17-14-. The van der Waals surface area contributed by atoms with E-state index in [4.69, 9.17) is 0 Å². The van der Waals surface area contributed by atoms with Gasteiger partial charge in [0, 0.05) is 12.7 Å². The first-order valence-electron chi connectivity index (χ1n) is 6.86. The molecule has 0 radical (unpaired) electrons. The van der Waals surface area contributed by atoms with Crippen molar-refractivity contribution in [1.82, 2.24) is 19.7 Å². The first-order chi connectivity index (χ1) is 10.6. The van der Waals surface area contributed by atoms with Gasteiger partial charge in [0.1, 0.15) is 11.3 Å². The van der Waals surface area contributed by atoms with Gasteiger partial charge in [0.05, 0.1) is 11.4 Å². The molecule has 0 aromatic carbocycles. The van der Waals surface area contributed by atoms with Crippen LogP contribution < -0.4 is 5.43 Å². The van der Waals surface area contributed by atoms with Gasteiger partial charge in [0.15, 0.2) is 5.17 Å². The van der Waals surface area contributed by atoms with Crippen molar-refractivity contribution >= 4 is 34.4 Å². The number of amidine groups is 1. The normalized spacial score (nSPS) is 16.7. The zero-order chi connectivity index (χ0) is 15.7. The molecular formula is C14H15N5O2S. The highest BCUT2D eigenvalue weighted by Crippen LogP contribution is 2.18. The van der Waals surface area contributed by atoms with Crippen molar-refractivity contribution in [2.75, 3.05) is 12.3 Å². The molecule has 3 rings (SSSR count). The molecular weight excluding hydrogens is 302 g/mol. The van der Waals surface area contributed by atoms with Gasteiger partial charge >= 0.3 is 0 Å². The molecule has 0 unspecified atom stereocenters. The van der Waals surface area contributed by atoms with Crippen molar-refractivity contribution < 1.29 is 9.59 Å². The number of thioether (sulfide) groups is 1. The second-order valence-corrected chi connectivity index (χ2v) is 5.68. The highest BCUT2D eigenvalue weighted by molar-refractivity contribution is 8.15. The fraction of sp³-hybridized carbons (Fsp3) is 0.286. The van der Waals surface area contributed by atoms with Crippen LogP contribution in [0.3, 0.4) is 0 Å². The molecule has 2 amide bonds. The fourth-order valence-electron chi connectivity index (χ4n) is 2.33. The minimum absolute atomic E-state index is 0.00600. The van der Waals surface area contributed by atoms with Crippen LogP contribution in [-0.2, 0) is 4.79 Å². The topological polar surface area (TPSA) is 79.1 Å². The van der Waals surface area contributed by atoms with E-state index in [1.807, 2.05) is 25.1 Å². The predicted octanol–water partition coefficient (Wildman–Crippen LogP) is 1.24. The summed E-state index contributed by atoms with van der Waals surface area (Å²) in [5.74, 6) is 0.0168. The van der Waals surface area contributed by atoms with Gasteiger partial charge < -0.3 is 0 Å². The molecule has 3 heterocycles. The average molecular weight is 317 g/mol. The predicted molar refractivity (Wildman–Crippen MR) is 84.7 cm³/mol. The van der Waals surface area contributed by atoms with Crippen LogP contribution in [-0.4, -0.2) is 43.6 Å². The molecule has 22 heavy (non-hydrogen) atoms. The summed E-state index contributed by atoms with van der Waals surface area (Å²) in [7, 11) is 0. The lowest BCUT2D eigenvalue weighted by Crippen LogP contribution is -2.31. The number of hydrogen-bond donors (Lipinski definition) is 1. The number of fused-ring (bicyclic) bond motifs is 1. The molecule has 0 spiro atoms. The summed E-state index contributed by atoms with van der Waals surface area (Å²) in [6.07, 6.45) is 1.78. The molecule has 7 nitrogen and oxygen atoms in total. The number of carbonyl (C=O) groups is 2. The molecule has 0 atom stereocenters. The van der Waals surface area contributed by atoms with Gasteiger partial charge in [-0.3, -0.25) is 18.9 Å². The van der Waals surface area contributed by atoms with E-state index in [1.165, 1.54) is 11.8 Å². The van der Waals surface area contributed by atoms with Crippen LogP contribution in [0.5, 0.6) is 0 Å². The molecule has 114 valence electrons. The Hall–Kier alpha value is -2.35. The zero-order valence-electron chi connectivity index (χ0n) is 12.2. The van der Waals surface area contributed by atoms with Gasteiger partial charge in [-0.15, -0.1) is 5.10 Å². The lowest BCUT2D eigenvalue weighted by Gasteiger charge is -2.12. The van der Waals surface area contributed by atoms with E-state index in [9.17, 15) is 9.59 Å². The minimum atomic E-state index is -0.347. The number of pyridine rings is 1. The highest BCUT2D eigenvalue weighted by Gasteiger charge is 2.27. The first kappa shape index (κ1) is 14.6. The molecule has 8 heteroatoms. The Labute approximate surface area is 131 Å². The van der Waals surface area contributed by atoms with E-state index < -0.39 is 0 Å². The summed E-state index contributed by atoms with van der Waals surface area (Å²) < 4.78 is 1.72. The van der Waals surface area contributed by atoms with Gasteiger partial charge in [-0.05, 0) is 26.0 Å². The number of imidazole rings is 1. The Kier molecular flexibility index (Phi) is 3.84. The van der Waals surface area contributed by atoms with Crippen LogP contribution in [0.2, 0.25) is 0 Å². The van der Waals surface area contributed by atoms with Crippen molar-refractivity contribution in [2.24, 2.45) is 5.10 Å². The van der Waals surface area contributed by atoms with Crippen molar-refractivity contribution in [3.05, 3.63) is 35.8 Å². The fourth-order valence-corrected chi connectivity index (χ4v) is 3.24. The third kappa shape index (κ3) is 2.45. The third-order valence-electron chi connectivity index (χ3n) is 3.35. The summed E-state index contributed by atoms with van der Waals surface area (Å²) in [5, 5.41) is 4.59. The lowest BCUT2D eigenvalue weighted by atomic mass is 10.3. The van der Waals surface area contributed by atoms with Crippen molar-refractivity contribution in [3.63, 3.8) is 0 Å². The van der Waals surface area contributed by atoms with E-state index in [2.05, 4.69) is 15.5 Å². The first-order valence-corrected chi connectivity index (χ1v) is 7.85. The summed E-state index contributed by atoms with van der Waals surface area (Å²) in [6, 6.07) is 5.53. The van der Waals surface area contributed by atoms with Crippen LogP contribution in [0.1, 0.15) is 23.1 Å². The molecule has 1 fully saturated rings. The van der Waals surface area contributed by atoms with E-state index >= 15 is 0 Å². The molecule has 0 bridgehead atoms. The zero-order valence-corrected chi connectivity index (χ0v) is 13.1. The van der Waals surface area contributed by atoms with Crippen molar-refractivity contribution in [2.45, 2.75) is 13.8 Å². The van der Waals surface area contributed by atoms with Gasteiger partial charge in [-0.1, -0.05) is 17.8 Å². The number of rotatable bonds is 3. The monoisotopic (exact) mass is 317 g/mol. The van der Waals surface area contributed by atoms with Crippen LogP contribution in [0, 0.1) is 6.92 Å². The van der Waals surface area contributed by atoms with Crippen LogP contribution >= 0.6 is 11.8 Å². The molecule has 1 aliphatic rings. The Balaban J connectivity index is 1.85. The summed E-state index contributed by atoms with van der Waals surface area (Å²) in [5.41, 5.74) is 4.30. The molecule has 2 aromatic heterocycles. The number of amides is 2. The number of nitrogens with zero attached hydrogens (tertiary/aromatic N) is 4. The van der Waals surface area contributed by atoms with Gasteiger partial charge in [0.25, 0.3) is 5.91 Å². The molecule has 2 aromatic rings. The maximum atomic E-state index is 12.4. The number of aryl methyl sites for hydroxylation is 1. The SMILES string of the molecule is CCN1C(=O)CS/C1=N\NC(=O)c1c(C)nc2ccccn12. The van der Waals surface area contributed by atoms with Gasteiger partial charge in [0.2, 0.25) is 5.91 Å². The Morgan fingerprint density at radius 2 is 2.32 bits per heavy atom. The quantitative estimate of drug-likeness (QED) is 0.864. The van der Waals surface area contributed by atoms with Gasteiger partial charge in [-0.2, -0.15) is 0 Å². The summed E-state index contributed by atoms with van der Waals surface area (Å²) in [6.45, 7) is 4.19. The molecule has 1 aliphatic heterocycles. The minimum Gasteiger partial charge on any atom is -0.295 e. The van der Waals surface area contributed by atoms with Gasteiger partial charge in [-0.25, -0.2) is 10.4 Å². The second kappa shape index (κ2) is 5.80. The smallest absolute Gasteiger partial charge is 0.290 e. The lowest BCUT2D eigenvalue weighted by molar-refractivity contribution is -0.123. The van der Waals surface area contributed by atoms with Crippen molar-refractivity contribution in [1.29, 1.82) is 0 Å². The van der Waals surface area contributed by atoms with Crippen LogP contribution in [0.4, 0.5) is 0 Å². The molecule has 0 saturated carbocycles. The summed E-state index contributed by atoms with van der Waals surface area (Å²) >= 11 is 1.32. The van der Waals surface area contributed by atoms with E-state index in [-0.39, 0.29) is 11.8 Å². The number of aromatic nitrogens is 2. The number of carbonyl (C=O) groups excluding carboxylic acids is 2. The highest BCUT2D eigenvalue weighted by atomic mass is 32.2. The second-order valence-electron chi connectivity index (χ2n) is 4.74. The molecule has 1 N–H and O–H groups in total. The number of nitrogens with one attached hydrogen (secondary N) is 1. The van der Waals surface area contributed by atoms with E-state index in [1.54, 1.807) is 22.4 Å².